The molecule has 0 aliphatic rings. The van der Waals surface area contributed by atoms with Crippen LogP contribution in [0.1, 0.15) is 111 Å². The molecule has 0 unspecified atom stereocenters. The number of carboxylic acids is 2. The van der Waals surface area contributed by atoms with E-state index in [0.29, 0.717) is 30.6 Å². The SMILES string of the molecule is CCc1cnc(CCCc2cc(C(=O)O)cc(C)n2)n1CCCc1ccccc1.CCc1nnc(CCCc2cc(C(=O)O)cc(C)n2)n1Cc1ccc(F)cc1. The zero-order valence-corrected chi connectivity index (χ0v) is 33.3. The van der Waals surface area contributed by atoms with Gasteiger partial charge in [-0.15, -0.1) is 10.2 Å². The Morgan fingerprint density at radius 2 is 1.21 bits per heavy atom. The fourth-order valence-electron chi connectivity index (χ4n) is 6.90. The quantitative estimate of drug-likeness (QED) is 0.0881. The zero-order valence-electron chi connectivity index (χ0n) is 33.3. The van der Waals surface area contributed by atoms with E-state index in [9.17, 15) is 24.2 Å². The average molecular weight is 774 g/mol. The van der Waals surface area contributed by atoms with Gasteiger partial charge in [-0.05, 0) is 106 Å². The number of nitrogens with zero attached hydrogens (tertiary/aromatic N) is 7. The van der Waals surface area contributed by atoms with E-state index in [2.05, 4.69) is 71.5 Å². The van der Waals surface area contributed by atoms with Crippen molar-refractivity contribution < 1.29 is 24.2 Å². The number of aromatic nitrogens is 7. The van der Waals surface area contributed by atoms with Gasteiger partial charge >= 0.3 is 11.9 Å². The molecule has 6 aromatic rings. The molecule has 11 nitrogen and oxygen atoms in total. The number of pyridine rings is 2. The molecular weight excluding hydrogens is 722 g/mol. The molecule has 6 rings (SSSR count). The number of rotatable bonds is 18. The third kappa shape index (κ3) is 12.5. The van der Waals surface area contributed by atoms with Crippen molar-refractivity contribution in [3.05, 3.63) is 159 Å². The van der Waals surface area contributed by atoms with Crippen molar-refractivity contribution in [2.24, 2.45) is 0 Å². The van der Waals surface area contributed by atoms with Crippen LogP contribution in [0.25, 0.3) is 0 Å². The Bertz CT molecular complexity index is 2230. The van der Waals surface area contributed by atoms with Crippen LogP contribution in [0.3, 0.4) is 0 Å². The van der Waals surface area contributed by atoms with Crippen molar-refractivity contribution in [2.45, 2.75) is 105 Å². The lowest BCUT2D eigenvalue weighted by molar-refractivity contribution is 0.0685. The molecule has 4 heterocycles. The molecule has 2 aromatic carbocycles. The second kappa shape index (κ2) is 20.8. The Hall–Kier alpha value is -6.04. The van der Waals surface area contributed by atoms with Crippen molar-refractivity contribution in [2.75, 3.05) is 0 Å². The molecule has 0 amide bonds. The Morgan fingerprint density at radius 3 is 1.77 bits per heavy atom. The molecule has 0 saturated heterocycles. The molecule has 0 saturated carbocycles. The maximum Gasteiger partial charge on any atom is 0.335 e. The van der Waals surface area contributed by atoms with Crippen molar-refractivity contribution >= 4 is 11.9 Å². The van der Waals surface area contributed by atoms with Gasteiger partial charge in [-0.25, -0.2) is 19.0 Å². The number of aryl methyl sites for hydroxylation is 9. The summed E-state index contributed by atoms with van der Waals surface area (Å²) < 4.78 is 17.6. The van der Waals surface area contributed by atoms with Crippen LogP contribution in [0.4, 0.5) is 4.39 Å². The molecule has 0 bridgehead atoms. The highest BCUT2D eigenvalue weighted by molar-refractivity contribution is 5.88. The van der Waals surface area contributed by atoms with Gasteiger partial charge in [0, 0.05) is 60.5 Å². The number of imidazole rings is 1. The number of carboxylic acid groups (broad SMARTS) is 2. The van der Waals surface area contributed by atoms with Gasteiger partial charge in [0.15, 0.2) is 0 Å². The first-order chi connectivity index (χ1) is 27.5. The van der Waals surface area contributed by atoms with Crippen LogP contribution < -0.4 is 0 Å². The standard InChI is InChI=1S/C24H29N3O2.C21H23FN4O2/c1-3-22-17-25-23(27(22)14-8-11-19-9-5-4-6-10-19)13-7-12-21-16-20(24(28)29)15-18(2)26-21;1-3-19-24-25-20(26(19)13-15-7-9-17(22)10-8-15)6-4-5-18-12-16(21(27)28)11-14(2)23-18/h4-6,9-10,15-17H,3,7-8,11-14H2,1-2H3,(H,28,29);7-12H,3-6,13H2,1-2H3,(H,27,28). The summed E-state index contributed by atoms with van der Waals surface area (Å²) in [6.07, 6.45) is 10.5. The van der Waals surface area contributed by atoms with Gasteiger partial charge in [-0.1, -0.05) is 56.3 Å². The molecule has 0 aliphatic heterocycles. The number of carbonyl (C=O) groups is 2. The van der Waals surface area contributed by atoms with E-state index >= 15 is 0 Å². The summed E-state index contributed by atoms with van der Waals surface area (Å²) in [7, 11) is 0. The smallest absolute Gasteiger partial charge is 0.335 e. The highest BCUT2D eigenvalue weighted by Crippen LogP contribution is 2.16. The Labute approximate surface area is 333 Å². The highest BCUT2D eigenvalue weighted by Gasteiger charge is 2.14. The summed E-state index contributed by atoms with van der Waals surface area (Å²) in [6.45, 7) is 9.39. The van der Waals surface area contributed by atoms with E-state index in [4.69, 9.17) is 0 Å². The first-order valence-electron chi connectivity index (χ1n) is 19.7. The summed E-state index contributed by atoms with van der Waals surface area (Å²) in [6, 6.07) is 23.5. The van der Waals surface area contributed by atoms with Gasteiger partial charge in [0.2, 0.25) is 0 Å². The number of halogens is 1. The van der Waals surface area contributed by atoms with Gasteiger partial charge < -0.3 is 19.3 Å². The third-order valence-corrected chi connectivity index (χ3v) is 9.72. The van der Waals surface area contributed by atoms with E-state index in [-0.39, 0.29) is 11.4 Å². The second-order valence-electron chi connectivity index (χ2n) is 14.2. The van der Waals surface area contributed by atoms with Crippen LogP contribution in [0, 0.1) is 19.7 Å². The largest absolute Gasteiger partial charge is 0.478 e. The summed E-state index contributed by atoms with van der Waals surface area (Å²) in [5, 5.41) is 27.0. The molecule has 0 fully saturated rings. The number of benzene rings is 2. The fourth-order valence-corrected chi connectivity index (χ4v) is 6.90. The lowest BCUT2D eigenvalue weighted by Gasteiger charge is -2.12. The van der Waals surface area contributed by atoms with Crippen molar-refractivity contribution in [1.29, 1.82) is 0 Å². The van der Waals surface area contributed by atoms with Crippen LogP contribution in [-0.2, 0) is 58.0 Å². The van der Waals surface area contributed by atoms with Crippen molar-refractivity contribution in [1.82, 2.24) is 34.3 Å². The molecule has 0 radical (unpaired) electrons. The first-order valence-corrected chi connectivity index (χ1v) is 19.7. The average Bonchev–Trinajstić information content (AvgIpc) is 3.78. The normalized spacial score (nSPS) is 11.0. The highest BCUT2D eigenvalue weighted by atomic mass is 19.1. The third-order valence-electron chi connectivity index (χ3n) is 9.72. The topological polar surface area (TPSA) is 149 Å². The molecule has 0 spiro atoms. The van der Waals surface area contributed by atoms with E-state index in [1.165, 1.54) is 23.4 Å². The van der Waals surface area contributed by atoms with Gasteiger partial charge in [0.1, 0.15) is 23.3 Å². The van der Waals surface area contributed by atoms with Crippen LogP contribution >= 0.6 is 0 Å². The van der Waals surface area contributed by atoms with Gasteiger partial charge in [0.05, 0.1) is 17.7 Å². The van der Waals surface area contributed by atoms with Crippen LogP contribution in [0.2, 0.25) is 0 Å². The molecule has 4 aromatic heterocycles. The predicted octanol–water partition coefficient (Wildman–Crippen LogP) is 8.26. The molecule has 2 N–H and O–H groups in total. The number of hydrogen-bond acceptors (Lipinski definition) is 7. The molecule has 12 heteroatoms. The molecule has 0 aliphatic carbocycles. The van der Waals surface area contributed by atoms with Gasteiger partial charge in [0.25, 0.3) is 0 Å². The van der Waals surface area contributed by atoms with E-state index in [1.807, 2.05) is 20.0 Å². The van der Waals surface area contributed by atoms with Gasteiger partial charge in [-0.3, -0.25) is 9.97 Å². The number of aromatic carboxylic acids is 2. The first kappa shape index (κ1) is 42.1. The van der Waals surface area contributed by atoms with Crippen LogP contribution in [0.15, 0.2) is 85.1 Å². The van der Waals surface area contributed by atoms with E-state index in [0.717, 1.165) is 98.0 Å². The van der Waals surface area contributed by atoms with E-state index < -0.39 is 11.9 Å². The minimum atomic E-state index is -0.946. The lowest BCUT2D eigenvalue weighted by atomic mass is 10.1. The number of hydrogen-bond donors (Lipinski definition) is 2. The van der Waals surface area contributed by atoms with Crippen LogP contribution in [-0.4, -0.2) is 56.4 Å². The second-order valence-corrected chi connectivity index (χ2v) is 14.2. The summed E-state index contributed by atoms with van der Waals surface area (Å²) >= 11 is 0. The Kier molecular flexibility index (Phi) is 15.3. The summed E-state index contributed by atoms with van der Waals surface area (Å²) in [5.41, 5.74) is 7.24. The minimum Gasteiger partial charge on any atom is -0.478 e. The predicted molar refractivity (Wildman–Crippen MR) is 217 cm³/mol. The monoisotopic (exact) mass is 773 g/mol. The van der Waals surface area contributed by atoms with Crippen LogP contribution in [0.5, 0.6) is 0 Å². The van der Waals surface area contributed by atoms with Gasteiger partial charge in [-0.2, -0.15) is 0 Å². The maximum absolute atomic E-state index is 13.2. The zero-order chi connectivity index (χ0) is 40.7. The summed E-state index contributed by atoms with van der Waals surface area (Å²) in [5.74, 6) is 0.765. The Balaban J connectivity index is 0.000000218. The fraction of sp³-hybridized carbons (Fsp3) is 0.356. The molecule has 0 atom stereocenters. The molecule has 57 heavy (non-hydrogen) atoms. The molecular formula is C45H52FN7O4. The maximum atomic E-state index is 13.2. The lowest BCUT2D eigenvalue weighted by Crippen LogP contribution is -2.09. The van der Waals surface area contributed by atoms with Crippen molar-refractivity contribution in [3.63, 3.8) is 0 Å². The van der Waals surface area contributed by atoms with Crippen molar-refractivity contribution in [3.8, 4) is 0 Å². The molecule has 298 valence electrons. The minimum absolute atomic E-state index is 0.255. The Morgan fingerprint density at radius 1 is 0.632 bits per heavy atom. The summed E-state index contributed by atoms with van der Waals surface area (Å²) in [4.78, 5) is 36.0. The van der Waals surface area contributed by atoms with E-state index in [1.54, 1.807) is 43.3 Å².